The molecule has 21 heavy (non-hydrogen) atoms. The Bertz CT molecular complexity index is 692. The molecule has 1 heterocycles. The number of rotatable bonds is 5. The number of aryl methyl sites for hydroxylation is 2. The van der Waals surface area contributed by atoms with Crippen molar-refractivity contribution in [1.29, 1.82) is 0 Å². The van der Waals surface area contributed by atoms with Crippen LogP contribution in [0.2, 0.25) is 5.02 Å². The maximum atomic E-state index is 10.5. The maximum Gasteiger partial charge on any atom is 0.328 e. The van der Waals surface area contributed by atoms with Gasteiger partial charge in [-0.15, -0.1) is 0 Å². The molecule has 0 atom stereocenters. The van der Waals surface area contributed by atoms with Crippen molar-refractivity contribution in [2.75, 3.05) is 0 Å². The highest BCUT2D eigenvalue weighted by Gasteiger charge is 2.12. The number of hydrogen-bond donors (Lipinski definition) is 1. The van der Waals surface area contributed by atoms with E-state index < -0.39 is 5.97 Å². The highest BCUT2D eigenvalue weighted by Crippen LogP contribution is 2.23. The molecular weight excluding hydrogens is 290 g/mol. The molecule has 0 fully saturated rings. The lowest BCUT2D eigenvalue weighted by atomic mass is 10.2. The number of benzene rings is 1. The molecular formula is C15H16ClN3O2. The van der Waals surface area contributed by atoms with Crippen molar-refractivity contribution in [3.05, 3.63) is 46.5 Å². The Kier molecular flexibility index (Phi) is 4.75. The molecule has 0 spiro atoms. The Morgan fingerprint density at radius 3 is 2.71 bits per heavy atom. The molecule has 0 aliphatic heterocycles. The Balaban J connectivity index is 2.41. The van der Waals surface area contributed by atoms with Crippen molar-refractivity contribution < 1.29 is 9.90 Å². The summed E-state index contributed by atoms with van der Waals surface area (Å²) in [5.74, 6) is 0.632. The summed E-state index contributed by atoms with van der Waals surface area (Å²) in [6, 6.07) is 5.33. The normalized spacial score (nSPS) is 11.2. The van der Waals surface area contributed by atoms with E-state index in [9.17, 15) is 4.79 Å². The van der Waals surface area contributed by atoms with E-state index in [4.69, 9.17) is 16.7 Å². The standard InChI is InChI=1S/C15H16ClN3O2/c1-3-13-17-14(4-2)19(18-13)12-7-5-10(9-11(12)16)6-8-15(20)21/h5-9H,3-4H2,1-2H3,(H,20,21)/b8-6+. The zero-order chi connectivity index (χ0) is 15.4. The lowest BCUT2D eigenvalue weighted by Crippen LogP contribution is -2.03. The first-order valence-corrected chi connectivity index (χ1v) is 7.08. The van der Waals surface area contributed by atoms with Crippen molar-refractivity contribution in [3.8, 4) is 5.69 Å². The Morgan fingerprint density at radius 2 is 2.14 bits per heavy atom. The van der Waals surface area contributed by atoms with E-state index in [1.165, 1.54) is 6.08 Å². The monoisotopic (exact) mass is 305 g/mol. The molecule has 1 aromatic heterocycles. The van der Waals surface area contributed by atoms with Crippen LogP contribution in [0.25, 0.3) is 11.8 Å². The predicted octanol–water partition coefficient (Wildman–Crippen LogP) is 3.14. The van der Waals surface area contributed by atoms with Gasteiger partial charge in [-0.2, -0.15) is 5.10 Å². The molecule has 2 rings (SSSR count). The van der Waals surface area contributed by atoms with Crippen LogP contribution in [0.5, 0.6) is 0 Å². The second-order valence-electron chi connectivity index (χ2n) is 4.45. The molecule has 2 aromatic rings. The van der Waals surface area contributed by atoms with Gasteiger partial charge in [-0.05, 0) is 23.8 Å². The molecule has 0 unspecified atom stereocenters. The van der Waals surface area contributed by atoms with Gasteiger partial charge in [-0.25, -0.2) is 14.5 Å². The Labute approximate surface area is 127 Å². The van der Waals surface area contributed by atoms with E-state index in [1.807, 2.05) is 19.9 Å². The van der Waals surface area contributed by atoms with E-state index in [1.54, 1.807) is 16.8 Å². The van der Waals surface area contributed by atoms with Crippen LogP contribution in [-0.2, 0) is 17.6 Å². The number of aromatic nitrogens is 3. The van der Waals surface area contributed by atoms with Crippen LogP contribution in [0.3, 0.4) is 0 Å². The quantitative estimate of drug-likeness (QED) is 0.862. The number of carbonyl (C=O) groups is 1. The molecule has 0 amide bonds. The minimum atomic E-state index is -0.993. The fourth-order valence-electron chi connectivity index (χ4n) is 1.93. The topological polar surface area (TPSA) is 68.0 Å². The summed E-state index contributed by atoms with van der Waals surface area (Å²) in [6.07, 6.45) is 4.09. The Morgan fingerprint density at radius 1 is 1.38 bits per heavy atom. The molecule has 1 aromatic carbocycles. The second kappa shape index (κ2) is 6.54. The SMILES string of the molecule is CCc1nc(CC)n(-c2ccc(/C=C/C(=O)O)cc2Cl)n1. The molecule has 0 radical (unpaired) electrons. The van der Waals surface area contributed by atoms with Crippen LogP contribution < -0.4 is 0 Å². The van der Waals surface area contributed by atoms with Crippen LogP contribution in [0, 0.1) is 0 Å². The third kappa shape index (κ3) is 3.49. The second-order valence-corrected chi connectivity index (χ2v) is 4.85. The van der Waals surface area contributed by atoms with E-state index in [0.29, 0.717) is 5.02 Å². The van der Waals surface area contributed by atoms with Crippen LogP contribution in [0.1, 0.15) is 31.1 Å². The largest absolute Gasteiger partial charge is 0.478 e. The van der Waals surface area contributed by atoms with Gasteiger partial charge >= 0.3 is 5.97 Å². The lowest BCUT2D eigenvalue weighted by Gasteiger charge is -2.07. The summed E-state index contributed by atoms with van der Waals surface area (Å²) in [7, 11) is 0. The zero-order valence-corrected chi connectivity index (χ0v) is 12.6. The summed E-state index contributed by atoms with van der Waals surface area (Å²) in [5, 5.41) is 13.6. The summed E-state index contributed by atoms with van der Waals surface area (Å²) in [6.45, 7) is 4.01. The lowest BCUT2D eigenvalue weighted by molar-refractivity contribution is -0.131. The average Bonchev–Trinajstić information content (AvgIpc) is 2.88. The van der Waals surface area contributed by atoms with Crippen LogP contribution in [0.15, 0.2) is 24.3 Å². The first kappa shape index (κ1) is 15.3. The summed E-state index contributed by atoms with van der Waals surface area (Å²) in [4.78, 5) is 15.0. The van der Waals surface area contributed by atoms with Gasteiger partial charge < -0.3 is 5.11 Å². The molecule has 1 N–H and O–H groups in total. The first-order chi connectivity index (χ1) is 10.0. The number of hydrogen-bond acceptors (Lipinski definition) is 3. The molecule has 5 nitrogen and oxygen atoms in total. The van der Waals surface area contributed by atoms with Gasteiger partial charge in [-0.3, -0.25) is 0 Å². The Hall–Kier alpha value is -2.14. The highest BCUT2D eigenvalue weighted by atomic mass is 35.5. The minimum Gasteiger partial charge on any atom is -0.478 e. The minimum absolute atomic E-state index is 0.504. The molecule has 0 aliphatic carbocycles. The van der Waals surface area contributed by atoms with Gasteiger partial charge in [0.15, 0.2) is 5.82 Å². The van der Waals surface area contributed by atoms with E-state index in [0.717, 1.165) is 41.8 Å². The van der Waals surface area contributed by atoms with Crippen molar-refractivity contribution in [2.24, 2.45) is 0 Å². The maximum absolute atomic E-state index is 10.5. The smallest absolute Gasteiger partial charge is 0.328 e. The van der Waals surface area contributed by atoms with Crippen LogP contribution in [-0.4, -0.2) is 25.8 Å². The van der Waals surface area contributed by atoms with E-state index >= 15 is 0 Å². The van der Waals surface area contributed by atoms with E-state index in [-0.39, 0.29) is 0 Å². The third-order valence-corrected chi connectivity index (χ3v) is 3.27. The van der Waals surface area contributed by atoms with Crippen molar-refractivity contribution >= 4 is 23.6 Å². The average molecular weight is 306 g/mol. The fraction of sp³-hybridized carbons (Fsp3) is 0.267. The molecule has 6 heteroatoms. The van der Waals surface area contributed by atoms with Gasteiger partial charge in [0.2, 0.25) is 0 Å². The molecule has 110 valence electrons. The number of nitrogens with zero attached hydrogens (tertiary/aromatic N) is 3. The first-order valence-electron chi connectivity index (χ1n) is 6.70. The zero-order valence-electron chi connectivity index (χ0n) is 11.9. The molecule has 0 saturated carbocycles. The predicted molar refractivity (Wildman–Crippen MR) is 81.8 cm³/mol. The molecule has 0 saturated heterocycles. The van der Waals surface area contributed by atoms with Gasteiger partial charge in [0.05, 0.1) is 10.7 Å². The van der Waals surface area contributed by atoms with Crippen LogP contribution in [0.4, 0.5) is 0 Å². The highest BCUT2D eigenvalue weighted by molar-refractivity contribution is 6.32. The van der Waals surface area contributed by atoms with Gasteiger partial charge in [0.25, 0.3) is 0 Å². The summed E-state index contributed by atoms with van der Waals surface area (Å²) in [5.41, 5.74) is 1.47. The number of aliphatic carboxylic acids is 1. The summed E-state index contributed by atoms with van der Waals surface area (Å²) >= 11 is 6.29. The number of halogens is 1. The van der Waals surface area contributed by atoms with E-state index in [2.05, 4.69) is 10.1 Å². The van der Waals surface area contributed by atoms with Gasteiger partial charge in [0, 0.05) is 18.9 Å². The van der Waals surface area contributed by atoms with Gasteiger partial charge in [0.1, 0.15) is 5.82 Å². The van der Waals surface area contributed by atoms with Crippen molar-refractivity contribution in [3.63, 3.8) is 0 Å². The fourth-order valence-corrected chi connectivity index (χ4v) is 2.20. The molecule has 0 aliphatic rings. The number of carboxylic acids is 1. The molecule has 0 bridgehead atoms. The third-order valence-electron chi connectivity index (χ3n) is 2.97. The van der Waals surface area contributed by atoms with Crippen molar-refractivity contribution in [1.82, 2.24) is 14.8 Å². The van der Waals surface area contributed by atoms with Crippen molar-refractivity contribution in [2.45, 2.75) is 26.7 Å². The van der Waals surface area contributed by atoms with Gasteiger partial charge in [-0.1, -0.05) is 31.5 Å². The summed E-state index contributed by atoms with van der Waals surface area (Å²) < 4.78 is 1.74. The number of carboxylic acid groups (broad SMARTS) is 1. The van der Waals surface area contributed by atoms with Crippen LogP contribution >= 0.6 is 11.6 Å².